The van der Waals surface area contributed by atoms with Crippen LogP contribution in [0.5, 0.6) is 5.75 Å². The molecule has 0 bridgehead atoms. The summed E-state index contributed by atoms with van der Waals surface area (Å²) in [6.45, 7) is 1.61. The molecule has 8 heteroatoms. The minimum atomic E-state index is -0.989. The third-order valence-electron chi connectivity index (χ3n) is 4.36. The summed E-state index contributed by atoms with van der Waals surface area (Å²) < 4.78 is 27.8. The molecular formula is C17H23NO7. The first-order valence-electron chi connectivity index (χ1n) is 8.08. The fraction of sp³-hybridized carbons (Fsp3) is 0.588. The van der Waals surface area contributed by atoms with Crippen LogP contribution in [0.1, 0.15) is 18.8 Å². The van der Waals surface area contributed by atoms with Gasteiger partial charge < -0.3 is 34.1 Å². The second kappa shape index (κ2) is 7.67. The average Bonchev–Trinajstić information content (AvgIpc) is 2.63. The maximum atomic E-state index is 11.4. The summed E-state index contributed by atoms with van der Waals surface area (Å²) in [6, 6.07) is 6.57. The third-order valence-corrected chi connectivity index (χ3v) is 4.36. The number of aliphatic hydroxyl groups is 1. The van der Waals surface area contributed by atoms with Gasteiger partial charge in [-0.05, 0) is 12.1 Å². The Bertz CT molecular complexity index is 593. The number of aliphatic hydroxyl groups excluding tert-OH is 1. The summed E-state index contributed by atoms with van der Waals surface area (Å²) in [5.41, 5.74) is 0.802. The van der Waals surface area contributed by atoms with Gasteiger partial charge in [-0.1, -0.05) is 12.1 Å². The van der Waals surface area contributed by atoms with Gasteiger partial charge in [0.2, 0.25) is 5.91 Å². The van der Waals surface area contributed by atoms with Crippen molar-refractivity contribution in [1.29, 1.82) is 0 Å². The number of nitrogens with one attached hydrogen (secondary N) is 1. The number of rotatable bonds is 4. The second-order valence-corrected chi connectivity index (χ2v) is 6.03. The van der Waals surface area contributed by atoms with Crippen molar-refractivity contribution in [2.75, 3.05) is 20.8 Å². The van der Waals surface area contributed by atoms with Crippen molar-refractivity contribution in [2.45, 2.75) is 43.9 Å². The van der Waals surface area contributed by atoms with Crippen LogP contribution in [0.15, 0.2) is 24.3 Å². The Morgan fingerprint density at radius 2 is 1.96 bits per heavy atom. The molecule has 3 rings (SSSR count). The van der Waals surface area contributed by atoms with Crippen LogP contribution in [0, 0.1) is 0 Å². The summed E-state index contributed by atoms with van der Waals surface area (Å²) >= 11 is 0. The normalized spacial score (nSPS) is 34.9. The zero-order valence-electron chi connectivity index (χ0n) is 14.4. The van der Waals surface area contributed by atoms with Gasteiger partial charge in [0.1, 0.15) is 30.1 Å². The molecule has 0 saturated carbocycles. The number of fused-ring (bicyclic) bond motifs is 1. The molecule has 2 aliphatic heterocycles. The van der Waals surface area contributed by atoms with Crippen molar-refractivity contribution >= 4 is 5.91 Å². The molecular weight excluding hydrogens is 330 g/mol. The summed E-state index contributed by atoms with van der Waals surface area (Å²) in [7, 11) is 3.05. The first-order valence-corrected chi connectivity index (χ1v) is 8.08. The van der Waals surface area contributed by atoms with Crippen molar-refractivity contribution in [3.63, 3.8) is 0 Å². The van der Waals surface area contributed by atoms with Gasteiger partial charge in [-0.2, -0.15) is 0 Å². The van der Waals surface area contributed by atoms with Gasteiger partial charge in [0, 0.05) is 19.6 Å². The largest absolute Gasteiger partial charge is 0.497 e. The van der Waals surface area contributed by atoms with Crippen LogP contribution in [-0.2, 0) is 23.7 Å². The van der Waals surface area contributed by atoms with E-state index in [-0.39, 0.29) is 12.5 Å². The van der Waals surface area contributed by atoms with E-state index in [1.807, 2.05) is 24.3 Å². The van der Waals surface area contributed by atoms with Crippen LogP contribution in [0.2, 0.25) is 0 Å². The maximum absolute atomic E-state index is 11.4. The SMILES string of the molecule is COc1ccc([C@@H]2OC[C@H]3O[C@H](OC)[C@H](NC(C)=O)[C@@H](O)[C@H]3O2)cc1. The van der Waals surface area contributed by atoms with E-state index in [0.717, 1.165) is 11.3 Å². The highest BCUT2D eigenvalue weighted by molar-refractivity contribution is 5.73. The zero-order valence-corrected chi connectivity index (χ0v) is 14.4. The Hall–Kier alpha value is -1.71. The van der Waals surface area contributed by atoms with E-state index in [1.165, 1.54) is 14.0 Å². The topological polar surface area (TPSA) is 95.5 Å². The van der Waals surface area contributed by atoms with Crippen LogP contribution in [0.25, 0.3) is 0 Å². The van der Waals surface area contributed by atoms with Gasteiger partial charge >= 0.3 is 0 Å². The lowest BCUT2D eigenvalue weighted by Crippen LogP contribution is -2.66. The molecule has 0 aliphatic carbocycles. The van der Waals surface area contributed by atoms with Gasteiger partial charge in [-0.15, -0.1) is 0 Å². The molecule has 8 nitrogen and oxygen atoms in total. The fourth-order valence-electron chi connectivity index (χ4n) is 3.11. The number of hydrogen-bond acceptors (Lipinski definition) is 7. The van der Waals surface area contributed by atoms with E-state index in [0.29, 0.717) is 0 Å². The summed E-state index contributed by atoms with van der Waals surface area (Å²) in [5, 5.41) is 13.3. The lowest BCUT2D eigenvalue weighted by atomic mass is 9.95. The Morgan fingerprint density at radius 3 is 2.56 bits per heavy atom. The highest BCUT2D eigenvalue weighted by atomic mass is 16.7. The van der Waals surface area contributed by atoms with Crippen molar-refractivity contribution < 1.29 is 33.6 Å². The van der Waals surface area contributed by atoms with Crippen LogP contribution in [-0.4, -0.2) is 62.5 Å². The lowest BCUT2D eigenvalue weighted by molar-refractivity contribution is -0.341. The van der Waals surface area contributed by atoms with E-state index in [2.05, 4.69) is 5.32 Å². The average molecular weight is 353 g/mol. The Labute approximate surface area is 146 Å². The molecule has 2 aliphatic rings. The molecule has 2 fully saturated rings. The maximum Gasteiger partial charge on any atom is 0.217 e. The molecule has 0 aromatic heterocycles. The number of carbonyl (C=O) groups excluding carboxylic acids is 1. The molecule has 1 amide bonds. The minimum Gasteiger partial charge on any atom is -0.497 e. The molecule has 2 N–H and O–H groups in total. The quantitative estimate of drug-likeness (QED) is 0.806. The van der Waals surface area contributed by atoms with Crippen molar-refractivity contribution in [1.82, 2.24) is 5.32 Å². The van der Waals surface area contributed by atoms with E-state index in [4.69, 9.17) is 23.7 Å². The zero-order chi connectivity index (χ0) is 18.0. The summed E-state index contributed by atoms with van der Waals surface area (Å²) in [5.74, 6) is 0.444. The smallest absolute Gasteiger partial charge is 0.217 e. The highest BCUT2D eigenvalue weighted by Crippen LogP contribution is 2.34. The molecule has 0 unspecified atom stereocenters. The lowest BCUT2D eigenvalue weighted by Gasteiger charge is -2.47. The molecule has 1 aromatic carbocycles. The first kappa shape index (κ1) is 18.1. The molecule has 1 aromatic rings. The van der Waals surface area contributed by atoms with Gasteiger partial charge in [0.05, 0.1) is 13.7 Å². The van der Waals surface area contributed by atoms with E-state index in [1.54, 1.807) is 7.11 Å². The summed E-state index contributed by atoms with van der Waals surface area (Å²) in [6.07, 6.45) is -3.53. The molecule has 138 valence electrons. The Kier molecular flexibility index (Phi) is 5.55. The minimum absolute atomic E-state index is 0.241. The Morgan fingerprint density at radius 1 is 1.24 bits per heavy atom. The number of amides is 1. The van der Waals surface area contributed by atoms with Gasteiger partial charge in [-0.3, -0.25) is 4.79 Å². The van der Waals surface area contributed by atoms with Crippen molar-refractivity contribution in [3.05, 3.63) is 29.8 Å². The molecule has 6 atom stereocenters. The second-order valence-electron chi connectivity index (χ2n) is 6.03. The van der Waals surface area contributed by atoms with Crippen LogP contribution < -0.4 is 10.1 Å². The van der Waals surface area contributed by atoms with Gasteiger partial charge in [0.15, 0.2) is 12.6 Å². The number of ether oxygens (including phenoxy) is 5. The predicted molar refractivity (Wildman–Crippen MR) is 85.8 cm³/mol. The number of methoxy groups -OCH3 is 2. The number of hydrogen-bond donors (Lipinski definition) is 2. The molecule has 25 heavy (non-hydrogen) atoms. The Balaban J connectivity index is 1.74. The first-order chi connectivity index (χ1) is 12.0. The van der Waals surface area contributed by atoms with Crippen molar-refractivity contribution in [2.24, 2.45) is 0 Å². The van der Waals surface area contributed by atoms with E-state index >= 15 is 0 Å². The fourth-order valence-corrected chi connectivity index (χ4v) is 3.11. The van der Waals surface area contributed by atoms with Gasteiger partial charge in [-0.25, -0.2) is 0 Å². The van der Waals surface area contributed by atoms with E-state index < -0.39 is 36.9 Å². The molecule has 0 spiro atoms. The number of carbonyl (C=O) groups is 1. The third kappa shape index (κ3) is 3.78. The predicted octanol–water partition coefficient (Wildman–Crippen LogP) is 0.346. The monoisotopic (exact) mass is 353 g/mol. The van der Waals surface area contributed by atoms with E-state index in [9.17, 15) is 9.90 Å². The molecule has 2 heterocycles. The van der Waals surface area contributed by atoms with Crippen LogP contribution >= 0.6 is 0 Å². The highest BCUT2D eigenvalue weighted by Gasteiger charge is 2.49. The standard InChI is InChI=1S/C17H23NO7/c1-9(19)18-13-14(20)15-12(24-17(13)22-3)8-23-16(25-15)10-4-6-11(21-2)7-5-10/h4-7,12-17,20H,8H2,1-3H3,(H,18,19)/t12-,13-,14-,15+,16-,17+/m1/s1. The molecule has 0 radical (unpaired) electrons. The van der Waals surface area contributed by atoms with Crippen LogP contribution in [0.3, 0.4) is 0 Å². The van der Waals surface area contributed by atoms with Crippen LogP contribution in [0.4, 0.5) is 0 Å². The number of benzene rings is 1. The summed E-state index contributed by atoms with van der Waals surface area (Å²) in [4.78, 5) is 11.4. The van der Waals surface area contributed by atoms with Crippen molar-refractivity contribution in [3.8, 4) is 5.75 Å². The van der Waals surface area contributed by atoms with Gasteiger partial charge in [0.25, 0.3) is 0 Å². The molecule has 2 saturated heterocycles.